The predicted molar refractivity (Wildman–Crippen MR) is 102 cm³/mol. The molecular weight excluding hydrogens is 340 g/mol. The van der Waals surface area contributed by atoms with Gasteiger partial charge in [0.1, 0.15) is 5.75 Å². The van der Waals surface area contributed by atoms with Crippen LogP contribution in [0.25, 0.3) is 0 Å². The molecule has 140 valence electrons. The third kappa shape index (κ3) is 3.54. The van der Waals surface area contributed by atoms with E-state index in [4.69, 9.17) is 4.74 Å². The molecule has 3 heterocycles. The highest BCUT2D eigenvalue weighted by molar-refractivity contribution is 5.95. The van der Waals surface area contributed by atoms with Crippen LogP contribution in [0.3, 0.4) is 0 Å². The van der Waals surface area contributed by atoms with E-state index in [0.717, 1.165) is 24.2 Å². The Bertz CT molecular complexity index is 819. The Morgan fingerprint density at radius 3 is 2.48 bits per heavy atom. The summed E-state index contributed by atoms with van der Waals surface area (Å²) in [6.45, 7) is 1.72. The lowest BCUT2D eigenvalue weighted by Gasteiger charge is -2.36. The molecule has 0 N–H and O–H groups in total. The fourth-order valence-electron chi connectivity index (χ4n) is 4.11. The van der Waals surface area contributed by atoms with Gasteiger partial charge in [0.25, 0.3) is 5.91 Å². The quantitative estimate of drug-likeness (QED) is 0.838. The zero-order valence-corrected chi connectivity index (χ0v) is 15.5. The summed E-state index contributed by atoms with van der Waals surface area (Å²) in [6, 6.07) is 17.3. The lowest BCUT2D eigenvalue weighted by Crippen LogP contribution is -2.47. The highest BCUT2D eigenvalue weighted by Crippen LogP contribution is 2.31. The van der Waals surface area contributed by atoms with Crippen molar-refractivity contribution >= 4 is 11.8 Å². The lowest BCUT2D eigenvalue weighted by molar-refractivity contribution is -0.140. The van der Waals surface area contributed by atoms with E-state index in [1.165, 1.54) is 0 Å². The van der Waals surface area contributed by atoms with Crippen LogP contribution in [-0.2, 0) is 11.3 Å². The molecule has 2 amide bonds. The molecule has 5 heteroatoms. The Morgan fingerprint density at radius 1 is 1.04 bits per heavy atom. The molecule has 0 aliphatic carbocycles. The summed E-state index contributed by atoms with van der Waals surface area (Å²) >= 11 is 0. The van der Waals surface area contributed by atoms with Crippen molar-refractivity contribution in [3.63, 3.8) is 0 Å². The number of methoxy groups -OCH3 is 1. The van der Waals surface area contributed by atoms with Gasteiger partial charge in [-0.3, -0.25) is 9.59 Å². The molecule has 2 bridgehead atoms. The number of ether oxygens (including phenoxy) is 1. The summed E-state index contributed by atoms with van der Waals surface area (Å²) in [6.07, 6.45) is 1.82. The van der Waals surface area contributed by atoms with Crippen molar-refractivity contribution in [2.45, 2.75) is 25.4 Å². The van der Waals surface area contributed by atoms with Crippen LogP contribution in [0.1, 0.15) is 28.8 Å². The number of rotatable bonds is 4. The number of nitrogens with zero attached hydrogens (tertiary/aromatic N) is 2. The minimum atomic E-state index is -0.102. The van der Waals surface area contributed by atoms with Crippen molar-refractivity contribution < 1.29 is 14.3 Å². The van der Waals surface area contributed by atoms with Crippen molar-refractivity contribution in [1.29, 1.82) is 0 Å². The largest absolute Gasteiger partial charge is 0.497 e. The van der Waals surface area contributed by atoms with E-state index < -0.39 is 0 Å². The third-order valence-electron chi connectivity index (χ3n) is 5.61. The van der Waals surface area contributed by atoms with Gasteiger partial charge >= 0.3 is 0 Å². The Hall–Kier alpha value is -2.82. The molecule has 3 fully saturated rings. The van der Waals surface area contributed by atoms with E-state index in [0.29, 0.717) is 25.2 Å². The average molecular weight is 364 g/mol. The van der Waals surface area contributed by atoms with Gasteiger partial charge in [0.2, 0.25) is 5.91 Å². The molecule has 3 saturated heterocycles. The Kier molecular flexibility index (Phi) is 4.84. The zero-order valence-electron chi connectivity index (χ0n) is 15.5. The second kappa shape index (κ2) is 7.43. The Balaban J connectivity index is 1.53. The molecule has 2 aromatic rings. The fraction of sp³-hybridized carbons (Fsp3) is 0.364. The standard InChI is InChI=1S/C22H24N2O3/c1-27-20-11-8-17(9-12-20)21(25)23-14-18-7-10-19(15-23)24(22(18)26)13-16-5-3-2-4-6-16/h2-6,8-9,11-12,18-19H,7,10,13-15H2,1H3/t18-,19+/m1/s1. The van der Waals surface area contributed by atoms with Crippen LogP contribution in [0.4, 0.5) is 0 Å². The second-order valence-corrected chi connectivity index (χ2v) is 7.32. The summed E-state index contributed by atoms with van der Waals surface area (Å²) in [5.74, 6) is 0.797. The molecule has 3 aliphatic rings. The summed E-state index contributed by atoms with van der Waals surface area (Å²) in [7, 11) is 1.61. The van der Waals surface area contributed by atoms with E-state index in [1.807, 2.05) is 40.1 Å². The maximum Gasteiger partial charge on any atom is 0.253 e. The number of amides is 2. The van der Waals surface area contributed by atoms with Gasteiger partial charge in [0, 0.05) is 31.2 Å². The SMILES string of the molecule is COc1ccc(C(=O)N2C[C@H]3CC[C@@H](C2)N(Cc2ccccc2)C3=O)cc1. The van der Waals surface area contributed by atoms with Gasteiger partial charge in [-0.1, -0.05) is 30.3 Å². The molecule has 0 unspecified atom stereocenters. The first-order chi connectivity index (χ1) is 13.2. The van der Waals surface area contributed by atoms with Crippen LogP contribution >= 0.6 is 0 Å². The summed E-state index contributed by atoms with van der Waals surface area (Å²) in [5.41, 5.74) is 1.77. The van der Waals surface area contributed by atoms with E-state index in [1.54, 1.807) is 31.4 Å². The van der Waals surface area contributed by atoms with Crippen LogP contribution < -0.4 is 4.74 Å². The third-order valence-corrected chi connectivity index (χ3v) is 5.61. The zero-order chi connectivity index (χ0) is 18.8. The number of benzene rings is 2. The number of hydrogen-bond donors (Lipinski definition) is 0. The second-order valence-electron chi connectivity index (χ2n) is 7.32. The number of piperidine rings is 1. The van der Waals surface area contributed by atoms with Crippen LogP contribution in [0.2, 0.25) is 0 Å². The Labute approximate surface area is 159 Å². The van der Waals surface area contributed by atoms with E-state index in [2.05, 4.69) is 0 Å². The van der Waals surface area contributed by atoms with Crippen molar-refractivity contribution in [2.24, 2.45) is 5.92 Å². The first-order valence-corrected chi connectivity index (χ1v) is 9.43. The minimum absolute atomic E-state index is 0.0103. The number of carbonyl (C=O) groups excluding carboxylic acids is 2. The van der Waals surface area contributed by atoms with Gasteiger partial charge in [-0.2, -0.15) is 0 Å². The van der Waals surface area contributed by atoms with Crippen LogP contribution in [-0.4, -0.2) is 47.9 Å². The maximum atomic E-state index is 13.0. The minimum Gasteiger partial charge on any atom is -0.497 e. The molecular formula is C22H24N2O3. The van der Waals surface area contributed by atoms with Gasteiger partial charge in [-0.05, 0) is 42.7 Å². The van der Waals surface area contributed by atoms with Gasteiger partial charge < -0.3 is 14.5 Å². The molecule has 3 aliphatic heterocycles. The van der Waals surface area contributed by atoms with Gasteiger partial charge in [0.15, 0.2) is 0 Å². The molecule has 2 aromatic carbocycles. The maximum absolute atomic E-state index is 13.0. The van der Waals surface area contributed by atoms with Gasteiger partial charge in [-0.25, -0.2) is 0 Å². The highest BCUT2D eigenvalue weighted by Gasteiger charge is 2.41. The summed E-state index contributed by atoms with van der Waals surface area (Å²) in [4.78, 5) is 29.8. The monoisotopic (exact) mass is 364 g/mol. The molecule has 0 radical (unpaired) electrons. The molecule has 5 nitrogen and oxygen atoms in total. The summed E-state index contributed by atoms with van der Waals surface area (Å²) in [5, 5.41) is 0. The van der Waals surface area contributed by atoms with Crippen LogP contribution in [0, 0.1) is 5.92 Å². The van der Waals surface area contributed by atoms with Crippen molar-refractivity contribution in [1.82, 2.24) is 9.80 Å². The average Bonchev–Trinajstić information content (AvgIpc) is 3.01. The molecule has 0 aromatic heterocycles. The number of carbonyl (C=O) groups is 2. The van der Waals surface area contributed by atoms with Crippen molar-refractivity contribution in [2.75, 3.05) is 20.2 Å². The molecule has 27 heavy (non-hydrogen) atoms. The fourth-order valence-corrected chi connectivity index (χ4v) is 4.11. The van der Waals surface area contributed by atoms with Crippen LogP contribution in [0.5, 0.6) is 5.75 Å². The molecule has 0 saturated carbocycles. The van der Waals surface area contributed by atoms with Gasteiger partial charge in [-0.15, -0.1) is 0 Å². The summed E-state index contributed by atoms with van der Waals surface area (Å²) < 4.78 is 5.17. The van der Waals surface area contributed by atoms with E-state index in [-0.39, 0.29) is 23.8 Å². The predicted octanol–water partition coefficient (Wildman–Crippen LogP) is 2.96. The number of hydrogen-bond acceptors (Lipinski definition) is 3. The normalized spacial score (nSPS) is 21.9. The Morgan fingerprint density at radius 2 is 1.78 bits per heavy atom. The topological polar surface area (TPSA) is 49.9 Å². The van der Waals surface area contributed by atoms with E-state index >= 15 is 0 Å². The first-order valence-electron chi connectivity index (χ1n) is 9.43. The lowest BCUT2D eigenvalue weighted by atomic mass is 9.93. The molecule has 2 atom stereocenters. The molecule has 5 rings (SSSR count). The molecule has 0 spiro atoms. The van der Waals surface area contributed by atoms with Crippen molar-refractivity contribution in [3.05, 3.63) is 65.7 Å². The van der Waals surface area contributed by atoms with Crippen molar-refractivity contribution in [3.8, 4) is 5.75 Å². The first kappa shape index (κ1) is 17.6. The van der Waals surface area contributed by atoms with Crippen LogP contribution in [0.15, 0.2) is 54.6 Å². The smallest absolute Gasteiger partial charge is 0.253 e. The van der Waals surface area contributed by atoms with E-state index in [9.17, 15) is 9.59 Å². The highest BCUT2D eigenvalue weighted by atomic mass is 16.5. The number of fused-ring (bicyclic) bond motifs is 4. The van der Waals surface area contributed by atoms with Gasteiger partial charge in [0.05, 0.1) is 13.0 Å².